The van der Waals surface area contributed by atoms with Gasteiger partial charge in [-0.15, -0.1) is 0 Å². The van der Waals surface area contributed by atoms with Crippen LogP contribution in [-0.4, -0.2) is 52.2 Å². The molecule has 2 aromatic rings. The molecule has 2 aromatic heterocycles. The van der Waals surface area contributed by atoms with Gasteiger partial charge in [0.1, 0.15) is 17.7 Å². The zero-order chi connectivity index (χ0) is 17.8. The molecule has 7 nitrogen and oxygen atoms in total. The second-order valence-electron chi connectivity index (χ2n) is 6.83. The van der Waals surface area contributed by atoms with Crippen molar-refractivity contribution in [3.8, 4) is 6.01 Å². The lowest BCUT2D eigenvalue weighted by Crippen LogP contribution is -2.39. The van der Waals surface area contributed by atoms with Gasteiger partial charge in [0.15, 0.2) is 0 Å². The van der Waals surface area contributed by atoms with Crippen molar-refractivity contribution >= 4 is 5.82 Å². The highest BCUT2D eigenvalue weighted by molar-refractivity contribution is 5.50. The Morgan fingerprint density at radius 1 is 1.12 bits per heavy atom. The largest absolute Gasteiger partial charge is 0.460 e. The zero-order valence-electron chi connectivity index (χ0n) is 15.3. The predicted molar refractivity (Wildman–Crippen MR) is 99.6 cm³/mol. The number of aromatic nitrogens is 4. The van der Waals surface area contributed by atoms with Gasteiger partial charge in [0.25, 0.3) is 0 Å². The van der Waals surface area contributed by atoms with Crippen molar-refractivity contribution in [2.45, 2.75) is 45.1 Å². The highest BCUT2D eigenvalue weighted by Crippen LogP contribution is 2.27. The Morgan fingerprint density at radius 2 is 1.88 bits per heavy atom. The van der Waals surface area contributed by atoms with Crippen molar-refractivity contribution in [1.29, 1.82) is 0 Å². The fourth-order valence-electron chi connectivity index (χ4n) is 3.68. The molecule has 4 heterocycles. The molecule has 2 aliphatic heterocycles. The summed E-state index contributed by atoms with van der Waals surface area (Å²) in [6, 6.07) is 2.28. The van der Waals surface area contributed by atoms with E-state index in [4.69, 9.17) is 14.7 Å². The van der Waals surface area contributed by atoms with Crippen LogP contribution >= 0.6 is 0 Å². The van der Waals surface area contributed by atoms with E-state index in [1.807, 2.05) is 0 Å². The second-order valence-corrected chi connectivity index (χ2v) is 6.83. The number of aryl methyl sites for hydroxylation is 1. The average Bonchev–Trinajstić information content (AvgIpc) is 2.94. The fourth-order valence-corrected chi connectivity index (χ4v) is 3.68. The van der Waals surface area contributed by atoms with Gasteiger partial charge >= 0.3 is 6.01 Å². The van der Waals surface area contributed by atoms with E-state index in [1.165, 1.54) is 11.3 Å². The van der Waals surface area contributed by atoms with Gasteiger partial charge in [0.05, 0.1) is 5.69 Å². The first-order valence-electron chi connectivity index (χ1n) is 9.61. The monoisotopic (exact) mass is 354 g/mol. The van der Waals surface area contributed by atoms with Gasteiger partial charge in [0.2, 0.25) is 0 Å². The first-order chi connectivity index (χ1) is 12.8. The van der Waals surface area contributed by atoms with Crippen LogP contribution in [-0.2, 0) is 19.3 Å². The average molecular weight is 354 g/mol. The predicted octanol–water partition coefficient (Wildman–Crippen LogP) is 1.56. The normalized spacial score (nSPS) is 18.3. The van der Waals surface area contributed by atoms with E-state index in [-0.39, 0.29) is 6.10 Å². The van der Waals surface area contributed by atoms with Crippen LogP contribution in [0, 0.1) is 0 Å². The molecule has 4 rings (SSSR count). The first kappa shape index (κ1) is 17.1. The Balaban J connectivity index is 1.48. The molecule has 0 unspecified atom stereocenters. The number of fused-ring (bicyclic) bond motifs is 1. The number of nitrogens with zero attached hydrogens (tertiary/aromatic N) is 5. The molecule has 26 heavy (non-hydrogen) atoms. The number of ether oxygens (including phenoxy) is 1. The van der Waals surface area contributed by atoms with E-state index in [0.29, 0.717) is 6.01 Å². The minimum atomic E-state index is 0.168. The number of nitrogens with one attached hydrogen (secondary N) is 1. The van der Waals surface area contributed by atoms with E-state index in [1.54, 1.807) is 18.5 Å². The lowest BCUT2D eigenvalue weighted by molar-refractivity contribution is 0.156. The highest BCUT2D eigenvalue weighted by atomic mass is 16.5. The van der Waals surface area contributed by atoms with E-state index in [2.05, 4.69) is 27.1 Å². The van der Waals surface area contributed by atoms with Crippen LogP contribution in [0.15, 0.2) is 18.5 Å². The molecule has 0 radical (unpaired) electrons. The minimum Gasteiger partial charge on any atom is -0.460 e. The Morgan fingerprint density at radius 3 is 2.65 bits per heavy atom. The Hall–Kier alpha value is -2.28. The molecule has 138 valence electrons. The number of hydrogen-bond acceptors (Lipinski definition) is 7. The van der Waals surface area contributed by atoms with Crippen LogP contribution in [0.1, 0.15) is 36.8 Å². The minimum absolute atomic E-state index is 0.168. The van der Waals surface area contributed by atoms with Gasteiger partial charge in [0, 0.05) is 63.3 Å². The maximum atomic E-state index is 5.93. The number of hydrogen-bond donors (Lipinski definition) is 1. The zero-order valence-corrected chi connectivity index (χ0v) is 15.3. The van der Waals surface area contributed by atoms with E-state index in [0.717, 1.165) is 69.9 Å². The Bertz CT molecular complexity index is 730. The second kappa shape index (κ2) is 7.95. The van der Waals surface area contributed by atoms with Gasteiger partial charge in [-0.3, -0.25) is 0 Å². The summed E-state index contributed by atoms with van der Waals surface area (Å²) in [5.74, 6) is 2.10. The lowest BCUT2D eigenvalue weighted by atomic mass is 10.0. The Labute approximate surface area is 154 Å². The van der Waals surface area contributed by atoms with Gasteiger partial charge in [-0.2, -0.15) is 0 Å². The van der Waals surface area contributed by atoms with E-state index >= 15 is 0 Å². The fraction of sp³-hybridized carbons (Fsp3) is 0.579. The molecule has 1 saturated heterocycles. The summed E-state index contributed by atoms with van der Waals surface area (Å²) in [5, 5.41) is 3.48. The summed E-state index contributed by atoms with van der Waals surface area (Å²) < 4.78 is 5.93. The summed E-state index contributed by atoms with van der Waals surface area (Å²) >= 11 is 0. The van der Waals surface area contributed by atoms with Crippen LogP contribution in [0.5, 0.6) is 6.01 Å². The molecule has 1 N–H and O–H groups in total. The topological polar surface area (TPSA) is 76.1 Å². The molecule has 0 saturated carbocycles. The van der Waals surface area contributed by atoms with Gasteiger partial charge in [-0.25, -0.2) is 19.9 Å². The Kier molecular flexibility index (Phi) is 5.24. The van der Waals surface area contributed by atoms with Crippen molar-refractivity contribution in [2.75, 3.05) is 31.1 Å². The summed E-state index contributed by atoms with van der Waals surface area (Å²) in [7, 11) is 0. The number of anilines is 1. The van der Waals surface area contributed by atoms with Crippen LogP contribution in [0.25, 0.3) is 0 Å². The van der Waals surface area contributed by atoms with Gasteiger partial charge in [-0.05, 0) is 19.0 Å². The van der Waals surface area contributed by atoms with E-state index < -0.39 is 0 Å². The lowest BCUT2D eigenvalue weighted by Gasteiger charge is -2.34. The molecule has 0 aliphatic carbocycles. The third-order valence-electron chi connectivity index (χ3n) is 5.08. The highest BCUT2D eigenvalue weighted by Gasteiger charge is 2.26. The van der Waals surface area contributed by atoms with Crippen molar-refractivity contribution in [3.63, 3.8) is 0 Å². The maximum Gasteiger partial charge on any atom is 0.316 e. The van der Waals surface area contributed by atoms with Crippen LogP contribution in [0.2, 0.25) is 0 Å². The number of piperidine rings is 1. The van der Waals surface area contributed by atoms with Crippen molar-refractivity contribution in [2.24, 2.45) is 0 Å². The number of rotatable bonds is 4. The summed E-state index contributed by atoms with van der Waals surface area (Å²) in [6.45, 7) is 6.01. The first-order valence-corrected chi connectivity index (χ1v) is 9.61. The molecule has 7 heteroatoms. The molecule has 0 spiro atoms. The SMILES string of the molecule is CCc1nc2c(c(N3CCC(Oc4ncccn4)CC3)n1)CCNCC2. The molecular formula is C19H26N6O. The quantitative estimate of drug-likeness (QED) is 0.893. The molecule has 0 amide bonds. The molecule has 0 bridgehead atoms. The smallest absolute Gasteiger partial charge is 0.316 e. The summed E-state index contributed by atoms with van der Waals surface area (Å²) in [5.41, 5.74) is 2.56. The third kappa shape index (κ3) is 3.77. The van der Waals surface area contributed by atoms with Crippen LogP contribution in [0.3, 0.4) is 0 Å². The van der Waals surface area contributed by atoms with Crippen LogP contribution < -0.4 is 15.0 Å². The van der Waals surface area contributed by atoms with Gasteiger partial charge in [-0.1, -0.05) is 6.92 Å². The third-order valence-corrected chi connectivity index (χ3v) is 5.08. The summed E-state index contributed by atoms with van der Waals surface area (Å²) in [6.07, 6.45) is 8.38. The van der Waals surface area contributed by atoms with E-state index in [9.17, 15) is 0 Å². The van der Waals surface area contributed by atoms with Crippen molar-refractivity contribution in [1.82, 2.24) is 25.3 Å². The molecule has 2 aliphatic rings. The summed E-state index contributed by atoms with van der Waals surface area (Å²) in [4.78, 5) is 20.4. The molecule has 0 atom stereocenters. The maximum absolute atomic E-state index is 5.93. The van der Waals surface area contributed by atoms with Gasteiger partial charge < -0.3 is 15.0 Å². The van der Waals surface area contributed by atoms with Crippen LogP contribution in [0.4, 0.5) is 5.82 Å². The van der Waals surface area contributed by atoms with Crippen molar-refractivity contribution < 1.29 is 4.74 Å². The molecule has 0 aromatic carbocycles. The molecular weight excluding hydrogens is 328 g/mol. The van der Waals surface area contributed by atoms with Crippen molar-refractivity contribution in [3.05, 3.63) is 35.5 Å². The standard InChI is InChI=1S/C19H26N6O/c1-2-17-23-16-5-11-20-10-4-15(16)18(24-17)25-12-6-14(7-13-25)26-19-21-8-3-9-22-19/h3,8-9,14,20H,2,4-7,10-13H2,1H3. The molecule has 1 fully saturated rings.